The minimum Gasteiger partial charge on any atom is -0.450 e. The Morgan fingerprint density at radius 3 is 2.89 bits per heavy atom. The van der Waals surface area contributed by atoms with Crippen LogP contribution in [0, 0.1) is 0 Å². The molecule has 28 heavy (non-hydrogen) atoms. The number of hydrogen-bond donors (Lipinski definition) is 3. The van der Waals surface area contributed by atoms with E-state index in [1.165, 1.54) is 0 Å². The SMILES string of the molecule is CCOC(=O)NCc1cccc(CNc2ccnc(NC[C@H]3CCCO3)n2)c1. The van der Waals surface area contributed by atoms with Gasteiger partial charge >= 0.3 is 6.09 Å². The van der Waals surface area contributed by atoms with Crippen LogP contribution >= 0.6 is 0 Å². The largest absolute Gasteiger partial charge is 0.450 e. The third kappa shape index (κ3) is 6.38. The van der Waals surface area contributed by atoms with Gasteiger partial charge in [0, 0.05) is 32.4 Å². The molecule has 150 valence electrons. The second-order valence-corrected chi connectivity index (χ2v) is 6.53. The number of anilines is 2. The molecule has 3 N–H and O–H groups in total. The summed E-state index contributed by atoms with van der Waals surface area (Å²) in [5, 5.41) is 9.26. The molecule has 2 aromatic rings. The zero-order valence-electron chi connectivity index (χ0n) is 16.1. The minimum atomic E-state index is -0.407. The Hall–Kier alpha value is -2.87. The summed E-state index contributed by atoms with van der Waals surface area (Å²) in [4.78, 5) is 20.2. The van der Waals surface area contributed by atoms with Crippen LogP contribution in [0.5, 0.6) is 0 Å². The zero-order chi connectivity index (χ0) is 19.6. The summed E-state index contributed by atoms with van der Waals surface area (Å²) in [6.45, 7) is 4.75. The number of nitrogens with zero attached hydrogens (tertiary/aromatic N) is 2. The van der Waals surface area contributed by atoms with E-state index >= 15 is 0 Å². The Morgan fingerprint density at radius 2 is 2.11 bits per heavy atom. The Kier molecular flexibility index (Phi) is 7.43. The van der Waals surface area contributed by atoms with Crippen molar-refractivity contribution in [3.8, 4) is 0 Å². The number of nitrogens with one attached hydrogen (secondary N) is 3. The van der Waals surface area contributed by atoms with Gasteiger partial charge in [-0.05, 0) is 37.0 Å². The molecule has 0 bridgehead atoms. The monoisotopic (exact) mass is 385 g/mol. The van der Waals surface area contributed by atoms with Gasteiger partial charge in [0.05, 0.1) is 12.7 Å². The van der Waals surface area contributed by atoms with Gasteiger partial charge in [-0.15, -0.1) is 0 Å². The normalized spacial score (nSPS) is 15.8. The first-order valence-corrected chi connectivity index (χ1v) is 9.64. The van der Waals surface area contributed by atoms with Gasteiger partial charge in [0.2, 0.25) is 5.95 Å². The van der Waals surface area contributed by atoms with Crippen molar-refractivity contribution < 1.29 is 14.3 Å². The number of aromatic nitrogens is 2. The fourth-order valence-electron chi connectivity index (χ4n) is 2.95. The molecule has 1 atom stereocenters. The van der Waals surface area contributed by atoms with Crippen molar-refractivity contribution in [2.24, 2.45) is 0 Å². The van der Waals surface area contributed by atoms with Gasteiger partial charge in [0.25, 0.3) is 0 Å². The summed E-state index contributed by atoms with van der Waals surface area (Å²) in [7, 11) is 0. The van der Waals surface area contributed by atoms with Crippen LogP contribution in [0.1, 0.15) is 30.9 Å². The van der Waals surface area contributed by atoms with Crippen molar-refractivity contribution in [3.63, 3.8) is 0 Å². The molecular weight excluding hydrogens is 358 g/mol. The third-order valence-corrected chi connectivity index (χ3v) is 4.34. The molecule has 1 saturated heterocycles. The van der Waals surface area contributed by atoms with Crippen molar-refractivity contribution >= 4 is 17.9 Å². The quantitative estimate of drug-likeness (QED) is 0.610. The lowest BCUT2D eigenvalue weighted by atomic mass is 10.1. The Morgan fingerprint density at radius 1 is 1.25 bits per heavy atom. The van der Waals surface area contributed by atoms with Gasteiger partial charge in [0.1, 0.15) is 5.82 Å². The van der Waals surface area contributed by atoms with E-state index in [-0.39, 0.29) is 6.10 Å². The Labute approximate surface area is 165 Å². The highest BCUT2D eigenvalue weighted by Gasteiger charge is 2.15. The van der Waals surface area contributed by atoms with Crippen molar-refractivity contribution in [2.45, 2.75) is 39.0 Å². The van der Waals surface area contributed by atoms with E-state index in [0.29, 0.717) is 25.6 Å². The van der Waals surface area contributed by atoms with E-state index in [0.717, 1.165) is 42.9 Å². The first kappa shape index (κ1) is 19.9. The van der Waals surface area contributed by atoms with E-state index < -0.39 is 6.09 Å². The second-order valence-electron chi connectivity index (χ2n) is 6.53. The molecule has 0 unspecified atom stereocenters. The molecule has 1 aromatic heterocycles. The highest BCUT2D eigenvalue weighted by Crippen LogP contribution is 2.14. The number of alkyl carbamates (subject to hydrolysis) is 1. The molecule has 1 fully saturated rings. The maximum Gasteiger partial charge on any atom is 0.407 e. The summed E-state index contributed by atoms with van der Waals surface area (Å²) in [5.74, 6) is 1.34. The summed E-state index contributed by atoms with van der Waals surface area (Å²) in [5.41, 5.74) is 2.10. The van der Waals surface area contributed by atoms with Crippen LogP contribution in [-0.4, -0.2) is 41.9 Å². The van der Waals surface area contributed by atoms with E-state index in [9.17, 15) is 4.79 Å². The summed E-state index contributed by atoms with van der Waals surface area (Å²) < 4.78 is 10.5. The van der Waals surface area contributed by atoms with Crippen LogP contribution in [-0.2, 0) is 22.6 Å². The van der Waals surface area contributed by atoms with Crippen LogP contribution < -0.4 is 16.0 Å². The number of carbonyl (C=O) groups excluding carboxylic acids is 1. The van der Waals surface area contributed by atoms with Crippen molar-refractivity contribution in [1.29, 1.82) is 0 Å². The number of benzene rings is 1. The Bertz CT molecular complexity index is 765. The van der Waals surface area contributed by atoms with Gasteiger partial charge in [-0.3, -0.25) is 0 Å². The lowest BCUT2D eigenvalue weighted by molar-refractivity contribution is 0.120. The average molecular weight is 385 g/mol. The molecule has 1 aliphatic rings. The van der Waals surface area contributed by atoms with Crippen LogP contribution in [0.2, 0.25) is 0 Å². The molecule has 1 aliphatic heterocycles. The Balaban J connectivity index is 1.48. The fourth-order valence-corrected chi connectivity index (χ4v) is 2.95. The first-order valence-electron chi connectivity index (χ1n) is 9.64. The van der Waals surface area contributed by atoms with Gasteiger partial charge < -0.3 is 25.4 Å². The number of carbonyl (C=O) groups is 1. The molecule has 3 rings (SSSR count). The summed E-state index contributed by atoms with van der Waals surface area (Å²) >= 11 is 0. The second kappa shape index (κ2) is 10.5. The van der Waals surface area contributed by atoms with E-state index in [1.807, 2.05) is 30.3 Å². The first-order chi connectivity index (χ1) is 13.7. The van der Waals surface area contributed by atoms with Crippen LogP contribution in [0.4, 0.5) is 16.6 Å². The topological polar surface area (TPSA) is 97.4 Å². The molecule has 2 heterocycles. The van der Waals surface area contributed by atoms with Gasteiger partial charge in [0.15, 0.2) is 0 Å². The predicted octanol–water partition coefficient (Wildman–Crippen LogP) is 2.93. The zero-order valence-corrected chi connectivity index (χ0v) is 16.1. The summed E-state index contributed by atoms with van der Waals surface area (Å²) in [6, 6.07) is 9.83. The minimum absolute atomic E-state index is 0.242. The molecule has 8 nitrogen and oxygen atoms in total. The van der Waals surface area contributed by atoms with Crippen molar-refractivity contribution in [1.82, 2.24) is 15.3 Å². The highest BCUT2D eigenvalue weighted by molar-refractivity contribution is 5.67. The number of ether oxygens (including phenoxy) is 2. The van der Waals surface area contributed by atoms with Crippen LogP contribution in [0.15, 0.2) is 36.5 Å². The fraction of sp³-hybridized carbons (Fsp3) is 0.450. The van der Waals surface area contributed by atoms with Gasteiger partial charge in [-0.25, -0.2) is 9.78 Å². The highest BCUT2D eigenvalue weighted by atomic mass is 16.5. The van der Waals surface area contributed by atoms with Crippen LogP contribution in [0.3, 0.4) is 0 Å². The molecule has 0 saturated carbocycles. The molecule has 0 spiro atoms. The number of amides is 1. The maximum absolute atomic E-state index is 11.4. The lowest BCUT2D eigenvalue weighted by Crippen LogP contribution is -2.23. The van der Waals surface area contributed by atoms with Crippen LogP contribution in [0.25, 0.3) is 0 Å². The number of rotatable bonds is 9. The molecule has 1 amide bonds. The smallest absolute Gasteiger partial charge is 0.407 e. The van der Waals surface area contributed by atoms with Crippen molar-refractivity contribution in [3.05, 3.63) is 47.7 Å². The van der Waals surface area contributed by atoms with Gasteiger partial charge in [-0.1, -0.05) is 24.3 Å². The summed E-state index contributed by atoms with van der Waals surface area (Å²) in [6.07, 6.45) is 3.75. The molecule has 0 radical (unpaired) electrons. The van der Waals surface area contributed by atoms with Gasteiger partial charge in [-0.2, -0.15) is 4.98 Å². The third-order valence-electron chi connectivity index (χ3n) is 4.34. The average Bonchev–Trinajstić information content (AvgIpc) is 3.24. The molecule has 8 heteroatoms. The standard InChI is InChI=1S/C20H27N5O3/c1-2-27-20(26)24-13-16-6-3-5-15(11-16)12-22-18-8-9-21-19(25-18)23-14-17-7-4-10-28-17/h3,5-6,8-9,11,17H,2,4,7,10,12-14H2,1H3,(H,24,26)(H2,21,22,23,25)/t17-/m1/s1. The van der Waals surface area contributed by atoms with E-state index in [2.05, 4.69) is 25.9 Å². The molecular formula is C20H27N5O3. The maximum atomic E-state index is 11.4. The lowest BCUT2D eigenvalue weighted by Gasteiger charge is -2.12. The number of hydrogen-bond acceptors (Lipinski definition) is 7. The van der Waals surface area contributed by atoms with Crippen molar-refractivity contribution in [2.75, 3.05) is 30.4 Å². The molecule has 1 aromatic carbocycles. The van der Waals surface area contributed by atoms with E-state index in [1.54, 1.807) is 13.1 Å². The molecule has 0 aliphatic carbocycles. The predicted molar refractivity (Wildman–Crippen MR) is 107 cm³/mol. The van der Waals surface area contributed by atoms with E-state index in [4.69, 9.17) is 9.47 Å².